The topological polar surface area (TPSA) is 77.5 Å². The molecule has 1 heterocycles. The zero-order valence-electron chi connectivity index (χ0n) is 13.3. The smallest absolute Gasteiger partial charge is 0.389 e. The highest BCUT2D eigenvalue weighted by Crippen LogP contribution is 2.14. The van der Waals surface area contributed by atoms with Gasteiger partial charge >= 0.3 is 5.76 Å². The molecule has 2 aromatic carbocycles. The summed E-state index contributed by atoms with van der Waals surface area (Å²) in [4.78, 5) is 11.8. The van der Waals surface area contributed by atoms with E-state index in [1.807, 2.05) is 30.3 Å². The average molecular weight is 361 g/mol. The number of hydrogen-bond donors (Lipinski definition) is 1. The zero-order chi connectivity index (χ0) is 17.6. The van der Waals surface area contributed by atoms with Gasteiger partial charge in [0.2, 0.25) is 5.89 Å². The lowest BCUT2D eigenvalue weighted by Crippen LogP contribution is -2.28. The second kappa shape index (κ2) is 8.11. The minimum atomic E-state index is -0.876. The molecule has 130 valence electrons. The number of aromatic nitrogens is 2. The van der Waals surface area contributed by atoms with Crippen LogP contribution in [0.5, 0.6) is 0 Å². The van der Waals surface area contributed by atoms with Gasteiger partial charge in [0.1, 0.15) is 0 Å². The van der Waals surface area contributed by atoms with Gasteiger partial charge in [0.05, 0.1) is 25.9 Å². The van der Waals surface area contributed by atoms with E-state index >= 15 is 0 Å². The minimum Gasteiger partial charge on any atom is -0.389 e. The van der Waals surface area contributed by atoms with E-state index in [2.05, 4.69) is 5.10 Å². The van der Waals surface area contributed by atoms with Crippen LogP contribution in [0.4, 0.5) is 0 Å². The summed E-state index contributed by atoms with van der Waals surface area (Å²) < 4.78 is 11.7. The highest BCUT2D eigenvalue weighted by Gasteiger charge is 2.14. The van der Waals surface area contributed by atoms with Gasteiger partial charge in [-0.15, -0.1) is 5.10 Å². The van der Waals surface area contributed by atoms with Crippen molar-refractivity contribution in [2.75, 3.05) is 6.61 Å². The fourth-order valence-electron chi connectivity index (χ4n) is 2.26. The van der Waals surface area contributed by atoms with Gasteiger partial charge in [-0.3, -0.25) is 0 Å². The molecule has 25 heavy (non-hydrogen) atoms. The maximum absolute atomic E-state index is 11.8. The fraction of sp³-hybridized carbons (Fsp3) is 0.222. The molecule has 3 rings (SSSR count). The van der Waals surface area contributed by atoms with Gasteiger partial charge in [0.25, 0.3) is 0 Å². The molecule has 1 N–H and O–H groups in total. The lowest BCUT2D eigenvalue weighted by molar-refractivity contribution is 0.0178. The van der Waals surface area contributed by atoms with Crippen molar-refractivity contribution in [3.63, 3.8) is 0 Å². The second-order valence-corrected chi connectivity index (χ2v) is 5.95. The number of ether oxygens (including phenoxy) is 1. The molecule has 0 saturated carbocycles. The van der Waals surface area contributed by atoms with Crippen LogP contribution in [0.1, 0.15) is 5.56 Å². The van der Waals surface area contributed by atoms with E-state index < -0.39 is 11.9 Å². The SMILES string of the molecule is O=c1oc(-c2ccccc2)nn1CC(O)COCc1ccc(Cl)cc1. The van der Waals surface area contributed by atoms with Crippen LogP contribution in [0.2, 0.25) is 5.02 Å². The first kappa shape index (κ1) is 17.4. The van der Waals surface area contributed by atoms with E-state index in [0.29, 0.717) is 17.2 Å². The van der Waals surface area contributed by atoms with Crippen molar-refractivity contribution < 1.29 is 14.3 Å². The number of aliphatic hydroxyl groups excluding tert-OH is 1. The molecular weight excluding hydrogens is 344 g/mol. The van der Waals surface area contributed by atoms with Gasteiger partial charge in [0, 0.05) is 10.6 Å². The Balaban J connectivity index is 1.54. The molecule has 0 aliphatic carbocycles. The molecule has 1 aromatic heterocycles. The summed E-state index contributed by atoms with van der Waals surface area (Å²) in [6.45, 7) is 0.412. The highest BCUT2D eigenvalue weighted by molar-refractivity contribution is 6.30. The first-order chi connectivity index (χ1) is 12.1. The molecule has 3 aromatic rings. The summed E-state index contributed by atoms with van der Waals surface area (Å²) >= 11 is 5.82. The van der Waals surface area contributed by atoms with Gasteiger partial charge in [0.15, 0.2) is 0 Å². The normalized spacial score (nSPS) is 12.2. The van der Waals surface area contributed by atoms with Crippen molar-refractivity contribution >= 4 is 11.6 Å². The molecule has 0 fully saturated rings. The number of rotatable bonds is 7. The standard InChI is InChI=1S/C18H17ClN2O4/c19-15-8-6-13(7-9-15)11-24-12-16(22)10-21-18(23)25-17(20-21)14-4-2-1-3-5-14/h1-9,16,22H,10-12H2. The lowest BCUT2D eigenvalue weighted by Gasteiger charge is -2.10. The maximum Gasteiger partial charge on any atom is 0.437 e. The van der Waals surface area contributed by atoms with Gasteiger partial charge < -0.3 is 14.3 Å². The monoisotopic (exact) mass is 360 g/mol. The summed E-state index contributed by atoms with van der Waals surface area (Å²) in [7, 11) is 0. The van der Waals surface area contributed by atoms with Crippen LogP contribution >= 0.6 is 11.6 Å². The van der Waals surface area contributed by atoms with Crippen molar-refractivity contribution in [2.45, 2.75) is 19.3 Å². The molecule has 0 radical (unpaired) electrons. The molecular formula is C18H17ClN2O4. The molecule has 6 nitrogen and oxygen atoms in total. The zero-order valence-corrected chi connectivity index (χ0v) is 14.1. The predicted molar refractivity (Wildman–Crippen MR) is 93.3 cm³/mol. The second-order valence-electron chi connectivity index (χ2n) is 5.52. The average Bonchev–Trinajstić information content (AvgIpc) is 2.98. The molecule has 0 amide bonds. The van der Waals surface area contributed by atoms with Crippen LogP contribution in [0.3, 0.4) is 0 Å². The fourth-order valence-corrected chi connectivity index (χ4v) is 2.39. The molecule has 0 aliphatic heterocycles. The first-order valence-corrected chi connectivity index (χ1v) is 8.13. The van der Waals surface area contributed by atoms with Crippen molar-refractivity contribution in [1.82, 2.24) is 9.78 Å². The third-order valence-electron chi connectivity index (χ3n) is 3.50. The van der Waals surface area contributed by atoms with Crippen LogP contribution in [-0.2, 0) is 17.9 Å². The van der Waals surface area contributed by atoms with E-state index in [4.69, 9.17) is 20.8 Å². The molecule has 1 atom stereocenters. The Morgan fingerprint density at radius 2 is 1.88 bits per heavy atom. The largest absolute Gasteiger partial charge is 0.437 e. The van der Waals surface area contributed by atoms with Crippen molar-refractivity contribution in [3.8, 4) is 11.5 Å². The minimum absolute atomic E-state index is 0.00418. The Labute approximate surface area is 149 Å². The van der Waals surface area contributed by atoms with Gasteiger partial charge in [-0.2, -0.15) is 4.68 Å². The summed E-state index contributed by atoms with van der Waals surface area (Å²) in [6, 6.07) is 16.4. The first-order valence-electron chi connectivity index (χ1n) is 7.75. The van der Waals surface area contributed by atoms with Gasteiger partial charge in [-0.05, 0) is 29.8 Å². The molecule has 7 heteroatoms. The number of aliphatic hydroxyl groups is 1. The van der Waals surface area contributed by atoms with Crippen molar-refractivity contribution in [3.05, 3.63) is 75.7 Å². The summed E-state index contributed by atoms with van der Waals surface area (Å²) in [5, 5.41) is 14.8. The van der Waals surface area contributed by atoms with Crippen LogP contribution < -0.4 is 5.76 Å². The Bertz CT molecular complexity index is 859. The quantitative estimate of drug-likeness (QED) is 0.701. The number of benzene rings is 2. The van der Waals surface area contributed by atoms with E-state index in [0.717, 1.165) is 10.2 Å². The van der Waals surface area contributed by atoms with Crippen LogP contribution in [0, 0.1) is 0 Å². The Kier molecular flexibility index (Phi) is 5.65. The van der Waals surface area contributed by atoms with Gasteiger partial charge in [-0.1, -0.05) is 41.9 Å². The lowest BCUT2D eigenvalue weighted by atomic mass is 10.2. The Morgan fingerprint density at radius 3 is 2.60 bits per heavy atom. The van der Waals surface area contributed by atoms with E-state index in [1.54, 1.807) is 24.3 Å². The third kappa shape index (κ3) is 4.79. The third-order valence-corrected chi connectivity index (χ3v) is 3.75. The van der Waals surface area contributed by atoms with Gasteiger partial charge in [-0.25, -0.2) is 4.79 Å². The summed E-state index contributed by atoms with van der Waals surface area (Å²) in [6.07, 6.45) is -0.876. The van der Waals surface area contributed by atoms with E-state index in [9.17, 15) is 9.90 Å². The molecule has 0 saturated heterocycles. The van der Waals surface area contributed by atoms with E-state index in [1.165, 1.54) is 0 Å². The van der Waals surface area contributed by atoms with Crippen LogP contribution in [0.25, 0.3) is 11.5 Å². The number of nitrogens with zero attached hydrogens (tertiary/aromatic N) is 2. The molecule has 0 aliphatic rings. The molecule has 1 unspecified atom stereocenters. The highest BCUT2D eigenvalue weighted by atomic mass is 35.5. The van der Waals surface area contributed by atoms with Crippen molar-refractivity contribution in [1.29, 1.82) is 0 Å². The Morgan fingerprint density at radius 1 is 1.16 bits per heavy atom. The molecule has 0 spiro atoms. The number of hydrogen-bond acceptors (Lipinski definition) is 5. The van der Waals surface area contributed by atoms with Crippen LogP contribution in [0.15, 0.2) is 63.8 Å². The predicted octanol–water partition coefficient (Wildman–Crippen LogP) is 2.73. The Hall–Kier alpha value is -2.41. The maximum atomic E-state index is 11.8. The summed E-state index contributed by atoms with van der Waals surface area (Å²) in [5.74, 6) is -0.393. The molecule has 0 bridgehead atoms. The summed E-state index contributed by atoms with van der Waals surface area (Å²) in [5.41, 5.74) is 1.65. The van der Waals surface area contributed by atoms with E-state index in [-0.39, 0.29) is 19.0 Å². The van der Waals surface area contributed by atoms with Crippen LogP contribution in [-0.4, -0.2) is 27.6 Å². The van der Waals surface area contributed by atoms with Crippen molar-refractivity contribution in [2.24, 2.45) is 0 Å². The number of halogens is 1.